The number of nitrogens with zero attached hydrogens (tertiary/aromatic N) is 2. The Labute approximate surface area is 301 Å². The van der Waals surface area contributed by atoms with E-state index in [1.54, 1.807) is 55.0 Å². The second-order valence-corrected chi connectivity index (χ2v) is 13.8. The molecule has 6 rings (SSSR count). The number of thiazole rings is 1. The Kier molecular flexibility index (Phi) is 10.2. The quantitative estimate of drug-likeness (QED) is 0.120. The molecule has 5 aromatic rings. The summed E-state index contributed by atoms with van der Waals surface area (Å²) in [6.45, 7) is 1.92. The lowest BCUT2D eigenvalue weighted by atomic mass is 9.93. The Hall–Kier alpha value is -3.82. The van der Waals surface area contributed by atoms with Gasteiger partial charge in [-0.3, -0.25) is 9.36 Å². The lowest BCUT2D eigenvalue weighted by Crippen LogP contribution is -2.40. The highest BCUT2D eigenvalue weighted by atomic mass is 127. The summed E-state index contributed by atoms with van der Waals surface area (Å²) in [5.74, 6) is 0.264. The summed E-state index contributed by atoms with van der Waals surface area (Å²) in [6, 6.07) is 26.2. The van der Waals surface area contributed by atoms with Crippen molar-refractivity contribution in [2.24, 2.45) is 4.99 Å². The van der Waals surface area contributed by atoms with Crippen molar-refractivity contribution in [1.29, 1.82) is 0 Å². The van der Waals surface area contributed by atoms with Crippen LogP contribution in [0.1, 0.15) is 35.2 Å². The molecule has 0 unspecified atom stereocenters. The number of hydrogen-bond acceptors (Lipinski definition) is 7. The number of carbonyl (C=O) groups is 1. The molecule has 1 aliphatic heterocycles. The molecule has 1 atom stereocenters. The lowest BCUT2D eigenvalue weighted by Gasteiger charge is -2.26. The van der Waals surface area contributed by atoms with Gasteiger partial charge in [0.15, 0.2) is 4.80 Å². The minimum Gasteiger partial charge on any atom is -0.497 e. The van der Waals surface area contributed by atoms with Gasteiger partial charge in [-0.05, 0) is 94.1 Å². The first kappa shape index (κ1) is 33.1. The van der Waals surface area contributed by atoms with Crippen LogP contribution in [0.3, 0.4) is 0 Å². The molecule has 47 heavy (non-hydrogen) atoms. The van der Waals surface area contributed by atoms with Gasteiger partial charge >= 0.3 is 5.97 Å². The zero-order valence-electron chi connectivity index (χ0n) is 25.2. The fourth-order valence-corrected chi connectivity index (χ4v) is 8.33. The van der Waals surface area contributed by atoms with E-state index in [2.05, 4.69) is 45.2 Å². The Morgan fingerprint density at radius 2 is 1.74 bits per heavy atom. The molecule has 11 heteroatoms. The summed E-state index contributed by atoms with van der Waals surface area (Å²) in [5.41, 5.74) is 2.89. The summed E-state index contributed by atoms with van der Waals surface area (Å²) >= 11 is 5.62. The number of aromatic nitrogens is 1. The van der Waals surface area contributed by atoms with Crippen molar-refractivity contribution in [2.75, 3.05) is 13.7 Å². The summed E-state index contributed by atoms with van der Waals surface area (Å²) in [5, 5.41) is 0. The van der Waals surface area contributed by atoms with Crippen LogP contribution in [0.25, 0.3) is 11.8 Å². The molecular weight excluding hydrogens is 845 g/mol. The maximum Gasteiger partial charge on any atom is 0.338 e. The molecular formula is C36H27FI2N2O5S. The van der Waals surface area contributed by atoms with Gasteiger partial charge in [-0.2, -0.15) is 0 Å². The van der Waals surface area contributed by atoms with Crippen LogP contribution in [0.5, 0.6) is 11.5 Å². The van der Waals surface area contributed by atoms with Crippen LogP contribution < -0.4 is 24.4 Å². The van der Waals surface area contributed by atoms with E-state index in [4.69, 9.17) is 19.2 Å². The van der Waals surface area contributed by atoms with Crippen LogP contribution in [-0.2, 0) is 16.1 Å². The number of carbonyl (C=O) groups excluding carboxylic acids is 1. The molecule has 4 aromatic carbocycles. The zero-order chi connectivity index (χ0) is 33.1. The van der Waals surface area contributed by atoms with Crippen LogP contribution in [0.15, 0.2) is 106 Å². The number of hydrogen-bond donors (Lipinski definition) is 0. The Bertz CT molecular complexity index is 2180. The molecule has 0 saturated carbocycles. The van der Waals surface area contributed by atoms with E-state index in [9.17, 15) is 14.0 Å². The number of halogens is 3. The second-order valence-electron chi connectivity index (χ2n) is 10.4. The third-order valence-electron chi connectivity index (χ3n) is 7.46. The predicted octanol–water partition coefficient (Wildman–Crippen LogP) is 6.87. The summed E-state index contributed by atoms with van der Waals surface area (Å²) in [7, 11) is 1.58. The molecule has 0 spiro atoms. The smallest absolute Gasteiger partial charge is 0.338 e. The fraction of sp³-hybridized carbons (Fsp3) is 0.139. The average Bonchev–Trinajstić information content (AvgIpc) is 3.38. The number of rotatable bonds is 9. The molecule has 0 amide bonds. The number of fused-ring (bicyclic) bond motifs is 1. The van der Waals surface area contributed by atoms with E-state index in [0.29, 0.717) is 43.2 Å². The second kappa shape index (κ2) is 14.5. The number of esters is 1. The normalized spacial score (nSPS) is 14.4. The fourth-order valence-electron chi connectivity index (χ4n) is 5.29. The van der Waals surface area contributed by atoms with Crippen molar-refractivity contribution < 1.29 is 23.4 Å². The maximum absolute atomic E-state index is 14.4. The molecule has 2 heterocycles. The first-order valence-corrected chi connectivity index (χ1v) is 17.5. The molecule has 0 bridgehead atoms. The van der Waals surface area contributed by atoms with E-state index in [-0.39, 0.29) is 30.2 Å². The van der Waals surface area contributed by atoms with Gasteiger partial charge in [0.1, 0.15) is 23.9 Å². The molecule has 7 nitrogen and oxygen atoms in total. The van der Waals surface area contributed by atoms with E-state index in [0.717, 1.165) is 12.7 Å². The summed E-state index contributed by atoms with van der Waals surface area (Å²) in [6.07, 6.45) is 1.77. The van der Waals surface area contributed by atoms with Gasteiger partial charge in [0.2, 0.25) is 0 Å². The minimum atomic E-state index is -0.818. The van der Waals surface area contributed by atoms with Gasteiger partial charge < -0.3 is 14.2 Å². The molecule has 1 aliphatic rings. The molecule has 0 aliphatic carbocycles. The van der Waals surface area contributed by atoms with E-state index < -0.39 is 12.0 Å². The summed E-state index contributed by atoms with van der Waals surface area (Å²) < 4.78 is 35.2. The van der Waals surface area contributed by atoms with Crippen LogP contribution in [0.2, 0.25) is 0 Å². The van der Waals surface area contributed by atoms with Gasteiger partial charge in [-0.1, -0.05) is 72.0 Å². The first-order valence-electron chi connectivity index (χ1n) is 14.6. The highest BCUT2D eigenvalue weighted by Gasteiger charge is 2.35. The molecule has 0 N–H and O–H groups in total. The van der Waals surface area contributed by atoms with E-state index >= 15 is 0 Å². The molecule has 0 fully saturated rings. The van der Waals surface area contributed by atoms with Crippen LogP contribution in [0.4, 0.5) is 4.39 Å². The molecule has 1 aromatic heterocycles. The van der Waals surface area contributed by atoms with Crippen LogP contribution >= 0.6 is 56.5 Å². The van der Waals surface area contributed by atoms with Crippen molar-refractivity contribution in [1.82, 2.24) is 4.57 Å². The van der Waals surface area contributed by atoms with Crippen molar-refractivity contribution in [3.63, 3.8) is 0 Å². The topological polar surface area (TPSA) is 79.1 Å². The van der Waals surface area contributed by atoms with Gasteiger partial charge in [0, 0.05) is 20.3 Å². The van der Waals surface area contributed by atoms with Crippen molar-refractivity contribution >= 4 is 74.3 Å². The van der Waals surface area contributed by atoms with E-state index in [1.807, 2.05) is 54.6 Å². The van der Waals surface area contributed by atoms with Gasteiger partial charge in [-0.25, -0.2) is 14.2 Å². The first-order chi connectivity index (χ1) is 22.8. The lowest BCUT2D eigenvalue weighted by molar-refractivity contribution is -0.138. The third kappa shape index (κ3) is 6.92. The molecule has 238 valence electrons. The summed E-state index contributed by atoms with van der Waals surface area (Å²) in [4.78, 5) is 33.4. The minimum absolute atomic E-state index is 0.0200. The monoisotopic (exact) mass is 872 g/mol. The van der Waals surface area contributed by atoms with Crippen LogP contribution in [0, 0.1) is 13.0 Å². The van der Waals surface area contributed by atoms with Gasteiger partial charge in [0.05, 0.1) is 39.1 Å². The maximum atomic E-state index is 14.4. The van der Waals surface area contributed by atoms with E-state index in [1.165, 1.54) is 17.4 Å². The largest absolute Gasteiger partial charge is 0.497 e. The van der Waals surface area contributed by atoms with Crippen molar-refractivity contribution in [2.45, 2.75) is 19.6 Å². The molecule has 0 saturated heterocycles. The number of benzene rings is 4. The Morgan fingerprint density at radius 1 is 1.02 bits per heavy atom. The zero-order valence-corrected chi connectivity index (χ0v) is 30.3. The number of methoxy groups -OCH3 is 1. The van der Waals surface area contributed by atoms with Gasteiger partial charge in [-0.15, -0.1) is 0 Å². The number of ether oxygens (including phenoxy) is 3. The van der Waals surface area contributed by atoms with Crippen molar-refractivity contribution in [3.8, 4) is 11.5 Å². The van der Waals surface area contributed by atoms with Crippen LogP contribution in [-0.4, -0.2) is 24.3 Å². The average molecular weight is 872 g/mol. The highest BCUT2D eigenvalue weighted by Crippen LogP contribution is 2.36. The Balaban J connectivity index is 1.56. The SMILES string of the molecule is CCOC(=O)C1=C(c2ccccc2)N=c2s/c(=C\c3cc(I)cc(I)c3OCc3ccccc3F)c(=O)n2[C@H]1c1ccc(OC)cc1. The Morgan fingerprint density at radius 3 is 2.45 bits per heavy atom. The third-order valence-corrected chi connectivity index (χ3v) is 9.87. The molecule has 0 radical (unpaired) electrons. The van der Waals surface area contributed by atoms with Gasteiger partial charge in [0.25, 0.3) is 5.56 Å². The highest BCUT2D eigenvalue weighted by molar-refractivity contribution is 14.1. The predicted molar refractivity (Wildman–Crippen MR) is 197 cm³/mol. The van der Waals surface area contributed by atoms with Crippen molar-refractivity contribution in [3.05, 3.63) is 151 Å². The standard InChI is InChI=1S/C36H27FI2N2O5S/c1-3-45-35(43)30-31(21-9-5-4-6-10-21)40-36-41(32(30)22-13-15-26(44-2)16-14-22)34(42)29(47-36)18-24-17-25(38)19-28(39)33(24)46-20-23-11-7-8-12-27(23)37/h4-19,32H,3,20H2,1-2H3/b29-18-/t32-/m0/s1.